The zero-order chi connectivity index (χ0) is 31.0. The fourth-order valence-corrected chi connectivity index (χ4v) is 4.31. The van der Waals surface area contributed by atoms with E-state index in [4.69, 9.17) is 11.5 Å². The van der Waals surface area contributed by atoms with E-state index in [9.17, 15) is 39.3 Å². The van der Waals surface area contributed by atoms with Crippen molar-refractivity contribution in [2.75, 3.05) is 0 Å². The zero-order valence-corrected chi connectivity index (χ0v) is 22.7. The first-order chi connectivity index (χ1) is 19.8. The molecule has 3 rings (SSSR count). The number of phenolic OH excluding ortho intramolecular Hbond substituents is 1. The summed E-state index contributed by atoms with van der Waals surface area (Å²) < 4.78 is 0. The zero-order valence-electron chi connectivity index (χ0n) is 22.7. The van der Waals surface area contributed by atoms with Crippen LogP contribution in [0.3, 0.4) is 0 Å². The third-order valence-corrected chi connectivity index (χ3v) is 6.54. The van der Waals surface area contributed by atoms with Gasteiger partial charge in [0.1, 0.15) is 23.9 Å². The molecule has 3 aromatic rings. The molecule has 42 heavy (non-hydrogen) atoms. The van der Waals surface area contributed by atoms with Gasteiger partial charge >= 0.3 is 5.97 Å². The summed E-state index contributed by atoms with van der Waals surface area (Å²) in [5.74, 6) is -5.20. The Hall–Kier alpha value is -4.95. The number of nitrogens with one attached hydrogen (secondary N) is 4. The fourth-order valence-electron chi connectivity index (χ4n) is 4.31. The molecule has 0 saturated heterocycles. The van der Waals surface area contributed by atoms with Crippen LogP contribution in [-0.2, 0) is 36.8 Å². The Morgan fingerprint density at radius 2 is 1.52 bits per heavy atom. The van der Waals surface area contributed by atoms with Gasteiger partial charge in [0, 0.05) is 23.5 Å². The molecule has 5 unspecified atom stereocenters. The van der Waals surface area contributed by atoms with Crippen molar-refractivity contribution in [1.82, 2.24) is 20.9 Å². The molecule has 0 aliphatic rings. The third-order valence-electron chi connectivity index (χ3n) is 6.54. The van der Waals surface area contributed by atoms with Crippen LogP contribution in [0, 0.1) is 0 Å². The van der Waals surface area contributed by atoms with Gasteiger partial charge in [-0.3, -0.25) is 19.2 Å². The molecule has 1 heterocycles. The first-order valence-corrected chi connectivity index (χ1v) is 13.0. The van der Waals surface area contributed by atoms with Crippen LogP contribution in [0.4, 0.5) is 0 Å². The number of nitrogens with two attached hydrogens (primary N) is 2. The number of aliphatic hydroxyl groups is 1. The van der Waals surface area contributed by atoms with Crippen molar-refractivity contribution in [1.29, 1.82) is 0 Å². The molecule has 0 saturated carbocycles. The van der Waals surface area contributed by atoms with E-state index in [1.807, 2.05) is 24.3 Å². The number of phenols is 1. The van der Waals surface area contributed by atoms with Crippen LogP contribution in [0.2, 0.25) is 0 Å². The van der Waals surface area contributed by atoms with Crippen molar-refractivity contribution < 1.29 is 39.3 Å². The molecule has 14 heteroatoms. The SMILES string of the molecule is CC(O)C(NC(=O)C(N)Cc1c[nH]c2ccccc12)C(=O)NC(CC(N)=O)C(=O)NC(Cc1ccc(O)cc1)C(=O)O. The second-order valence-corrected chi connectivity index (χ2v) is 9.90. The lowest BCUT2D eigenvalue weighted by atomic mass is 10.0. The van der Waals surface area contributed by atoms with Crippen molar-refractivity contribution in [3.63, 3.8) is 0 Å². The third kappa shape index (κ3) is 8.52. The molecule has 1 aromatic heterocycles. The lowest BCUT2D eigenvalue weighted by molar-refractivity contribution is -0.142. The number of aliphatic carboxylic acids is 1. The number of hydrogen-bond acceptors (Lipinski definition) is 8. The summed E-state index contributed by atoms with van der Waals surface area (Å²) in [6, 6.07) is 7.32. The number of fused-ring (bicyclic) bond motifs is 1. The predicted molar refractivity (Wildman–Crippen MR) is 151 cm³/mol. The number of carboxylic acids is 1. The number of rotatable bonds is 14. The summed E-state index contributed by atoms with van der Waals surface area (Å²) in [6.07, 6.45) is -0.458. The molecule has 0 aliphatic heterocycles. The van der Waals surface area contributed by atoms with Crippen molar-refractivity contribution in [2.24, 2.45) is 11.5 Å². The number of H-pyrrole nitrogens is 1. The molecule has 5 atom stereocenters. The normalized spacial score (nSPS) is 14.6. The monoisotopic (exact) mass is 582 g/mol. The number of aromatic nitrogens is 1. The van der Waals surface area contributed by atoms with Crippen molar-refractivity contribution in [2.45, 2.75) is 56.5 Å². The lowest BCUT2D eigenvalue weighted by Crippen LogP contribution is -2.60. The number of carbonyl (C=O) groups is 5. The van der Waals surface area contributed by atoms with Gasteiger partial charge in [-0.1, -0.05) is 30.3 Å². The van der Waals surface area contributed by atoms with Crippen LogP contribution in [0.1, 0.15) is 24.5 Å². The Labute approximate surface area is 240 Å². The summed E-state index contributed by atoms with van der Waals surface area (Å²) in [5.41, 5.74) is 13.4. The Kier molecular flexibility index (Phi) is 10.6. The van der Waals surface area contributed by atoms with E-state index in [2.05, 4.69) is 20.9 Å². The van der Waals surface area contributed by atoms with Gasteiger partial charge in [0.2, 0.25) is 23.6 Å². The molecule has 0 spiro atoms. The second kappa shape index (κ2) is 14.1. The number of para-hydroxylation sites is 1. The molecular formula is C28H34N6O8. The molecule has 2 aromatic carbocycles. The number of primary amides is 1. The minimum absolute atomic E-state index is 0.0300. The lowest BCUT2D eigenvalue weighted by Gasteiger charge is -2.26. The van der Waals surface area contributed by atoms with Crippen LogP contribution in [0.15, 0.2) is 54.7 Å². The summed E-state index contributed by atoms with van der Waals surface area (Å²) in [4.78, 5) is 65.5. The highest BCUT2D eigenvalue weighted by Crippen LogP contribution is 2.19. The van der Waals surface area contributed by atoms with Crippen LogP contribution in [-0.4, -0.2) is 80.2 Å². The largest absolute Gasteiger partial charge is 0.508 e. The van der Waals surface area contributed by atoms with E-state index in [1.165, 1.54) is 31.2 Å². The van der Waals surface area contributed by atoms with Crippen LogP contribution >= 0.6 is 0 Å². The van der Waals surface area contributed by atoms with E-state index < -0.39 is 66.3 Å². The quantitative estimate of drug-likeness (QED) is 0.110. The molecule has 0 aliphatic carbocycles. The number of benzene rings is 2. The minimum Gasteiger partial charge on any atom is -0.508 e. The number of carbonyl (C=O) groups excluding carboxylic acids is 4. The van der Waals surface area contributed by atoms with Gasteiger partial charge < -0.3 is 47.7 Å². The maximum atomic E-state index is 13.1. The van der Waals surface area contributed by atoms with E-state index in [0.717, 1.165) is 16.5 Å². The van der Waals surface area contributed by atoms with Crippen molar-refractivity contribution >= 4 is 40.5 Å². The number of aromatic amines is 1. The summed E-state index contributed by atoms with van der Waals surface area (Å²) in [5, 5.41) is 37.0. The Morgan fingerprint density at radius 3 is 2.14 bits per heavy atom. The first kappa shape index (κ1) is 31.6. The summed E-state index contributed by atoms with van der Waals surface area (Å²) >= 11 is 0. The number of amides is 4. The number of aliphatic hydroxyl groups excluding tert-OH is 1. The van der Waals surface area contributed by atoms with Crippen LogP contribution in [0.5, 0.6) is 5.75 Å². The minimum atomic E-state index is -1.62. The predicted octanol–water partition coefficient (Wildman–Crippen LogP) is -1.22. The molecule has 0 bridgehead atoms. The molecule has 224 valence electrons. The topological polar surface area (TPSA) is 250 Å². The highest BCUT2D eigenvalue weighted by molar-refractivity contribution is 5.96. The van der Waals surface area contributed by atoms with E-state index in [0.29, 0.717) is 5.56 Å². The fraction of sp³-hybridized carbons (Fsp3) is 0.321. The van der Waals surface area contributed by atoms with Crippen LogP contribution < -0.4 is 27.4 Å². The number of hydrogen-bond donors (Lipinski definition) is 9. The van der Waals surface area contributed by atoms with Gasteiger partial charge in [0.25, 0.3) is 0 Å². The molecule has 0 fully saturated rings. The van der Waals surface area contributed by atoms with Gasteiger partial charge in [-0.2, -0.15) is 0 Å². The second-order valence-electron chi connectivity index (χ2n) is 9.90. The molecule has 4 amide bonds. The van der Waals surface area contributed by atoms with E-state index in [-0.39, 0.29) is 18.6 Å². The van der Waals surface area contributed by atoms with Crippen molar-refractivity contribution in [3.05, 3.63) is 65.9 Å². The molecular weight excluding hydrogens is 548 g/mol. The highest BCUT2D eigenvalue weighted by Gasteiger charge is 2.33. The molecule has 11 N–H and O–H groups in total. The average Bonchev–Trinajstić information content (AvgIpc) is 3.33. The maximum absolute atomic E-state index is 13.1. The summed E-state index contributed by atoms with van der Waals surface area (Å²) in [6.45, 7) is 1.23. The maximum Gasteiger partial charge on any atom is 0.326 e. The van der Waals surface area contributed by atoms with Gasteiger partial charge in [-0.15, -0.1) is 0 Å². The highest BCUT2D eigenvalue weighted by atomic mass is 16.4. The van der Waals surface area contributed by atoms with E-state index >= 15 is 0 Å². The molecule has 14 nitrogen and oxygen atoms in total. The van der Waals surface area contributed by atoms with E-state index in [1.54, 1.807) is 6.20 Å². The van der Waals surface area contributed by atoms with Crippen LogP contribution in [0.25, 0.3) is 10.9 Å². The van der Waals surface area contributed by atoms with Gasteiger partial charge in [-0.05, 0) is 42.7 Å². The van der Waals surface area contributed by atoms with Gasteiger partial charge in [-0.25, -0.2) is 4.79 Å². The van der Waals surface area contributed by atoms with Gasteiger partial charge in [0.05, 0.1) is 18.6 Å². The average molecular weight is 583 g/mol. The Morgan fingerprint density at radius 1 is 0.881 bits per heavy atom. The summed E-state index contributed by atoms with van der Waals surface area (Å²) in [7, 11) is 0. The smallest absolute Gasteiger partial charge is 0.326 e. The molecule has 0 radical (unpaired) electrons. The van der Waals surface area contributed by atoms with Gasteiger partial charge in [0.15, 0.2) is 0 Å². The Bertz CT molecular complexity index is 1440. The van der Waals surface area contributed by atoms with Crippen molar-refractivity contribution in [3.8, 4) is 5.75 Å². The standard InChI is InChI=1S/C28H34N6O8/c1-14(35)24(34-25(38)19(29)11-16-13-31-20-5-3-2-4-18(16)20)27(40)32-21(12-23(30)37)26(39)33-22(28(41)42)10-15-6-8-17(36)9-7-15/h2-9,13-14,19,21-22,24,31,35-36H,10-12,29H2,1H3,(H2,30,37)(H,32,40)(H,33,39)(H,34,38)(H,41,42). The number of carboxylic acid groups (broad SMARTS) is 1. The number of aromatic hydroxyl groups is 1. The first-order valence-electron chi connectivity index (χ1n) is 13.0. The Balaban J connectivity index is 1.68.